The van der Waals surface area contributed by atoms with Gasteiger partial charge in [0.25, 0.3) is 0 Å². The lowest BCUT2D eigenvalue weighted by Gasteiger charge is -2.25. The Balaban J connectivity index is 1.80. The van der Waals surface area contributed by atoms with Crippen LogP contribution >= 0.6 is 0 Å². The molecule has 1 aromatic rings. The molecule has 0 saturated heterocycles. The Morgan fingerprint density at radius 3 is 2.82 bits per heavy atom. The zero-order valence-corrected chi connectivity index (χ0v) is 10.1. The van der Waals surface area contributed by atoms with Crippen molar-refractivity contribution in [3.05, 3.63) is 18.5 Å². The Bertz CT molecular complexity index is 355. The Kier molecular flexibility index (Phi) is 3.78. The van der Waals surface area contributed by atoms with Gasteiger partial charge >= 0.3 is 0 Å². The molecular formula is C12H20N4O. The van der Waals surface area contributed by atoms with Crippen LogP contribution in [0.1, 0.15) is 25.7 Å². The summed E-state index contributed by atoms with van der Waals surface area (Å²) in [6, 6.07) is 1.88. The molecule has 0 spiro atoms. The molecule has 0 radical (unpaired) electrons. The van der Waals surface area contributed by atoms with E-state index >= 15 is 0 Å². The maximum absolute atomic E-state index is 12.1. The second-order valence-corrected chi connectivity index (χ2v) is 4.72. The summed E-state index contributed by atoms with van der Waals surface area (Å²) in [5, 5.41) is 7.06. The highest BCUT2D eigenvalue weighted by molar-refractivity contribution is 5.83. The maximum Gasteiger partial charge on any atom is 0.227 e. The molecule has 5 nitrogen and oxygen atoms in total. The lowest BCUT2D eigenvalue weighted by atomic mass is 9.85. The first-order valence-electron chi connectivity index (χ1n) is 6.23. The normalized spacial score (nSPS) is 18.2. The van der Waals surface area contributed by atoms with E-state index in [0.29, 0.717) is 19.6 Å². The fourth-order valence-electron chi connectivity index (χ4n) is 2.48. The number of carbonyl (C=O) groups is 1. The summed E-state index contributed by atoms with van der Waals surface area (Å²) >= 11 is 0. The van der Waals surface area contributed by atoms with Crippen molar-refractivity contribution in [1.29, 1.82) is 0 Å². The lowest BCUT2D eigenvalue weighted by molar-refractivity contribution is -0.130. The number of aromatic nitrogens is 2. The zero-order valence-electron chi connectivity index (χ0n) is 10.1. The summed E-state index contributed by atoms with van der Waals surface area (Å²) < 4.78 is 1.81. The second-order valence-electron chi connectivity index (χ2n) is 4.72. The minimum atomic E-state index is -0.301. The van der Waals surface area contributed by atoms with Crippen molar-refractivity contribution in [2.24, 2.45) is 11.1 Å². The highest BCUT2D eigenvalue weighted by atomic mass is 16.2. The van der Waals surface area contributed by atoms with Gasteiger partial charge in [0.1, 0.15) is 0 Å². The lowest BCUT2D eigenvalue weighted by Crippen LogP contribution is -2.45. The van der Waals surface area contributed by atoms with Gasteiger partial charge in [-0.3, -0.25) is 9.48 Å². The van der Waals surface area contributed by atoms with Crippen molar-refractivity contribution in [1.82, 2.24) is 15.1 Å². The topological polar surface area (TPSA) is 72.9 Å². The van der Waals surface area contributed by atoms with Gasteiger partial charge in [0.05, 0.1) is 12.0 Å². The van der Waals surface area contributed by atoms with Crippen LogP contribution in [-0.4, -0.2) is 28.8 Å². The van der Waals surface area contributed by atoms with E-state index in [1.54, 1.807) is 6.20 Å². The van der Waals surface area contributed by atoms with E-state index in [0.717, 1.165) is 25.7 Å². The van der Waals surface area contributed by atoms with Crippen LogP contribution in [0.4, 0.5) is 0 Å². The molecule has 0 aromatic carbocycles. The largest absolute Gasteiger partial charge is 0.354 e. The van der Waals surface area contributed by atoms with Gasteiger partial charge in [-0.1, -0.05) is 12.8 Å². The summed E-state index contributed by atoms with van der Waals surface area (Å²) in [7, 11) is 0. The predicted octanol–water partition coefficient (Wildman–Crippen LogP) is 0.518. The van der Waals surface area contributed by atoms with Crippen LogP contribution in [0.2, 0.25) is 0 Å². The van der Waals surface area contributed by atoms with Crippen LogP contribution < -0.4 is 11.1 Å². The van der Waals surface area contributed by atoms with Gasteiger partial charge in [-0.25, -0.2) is 0 Å². The Labute approximate surface area is 101 Å². The molecule has 3 N–H and O–H groups in total. The van der Waals surface area contributed by atoms with Crippen LogP contribution in [0.3, 0.4) is 0 Å². The average Bonchev–Trinajstić information content (AvgIpc) is 3.00. The van der Waals surface area contributed by atoms with Crippen molar-refractivity contribution in [2.45, 2.75) is 32.2 Å². The third-order valence-corrected chi connectivity index (χ3v) is 3.62. The first-order chi connectivity index (χ1) is 8.27. The van der Waals surface area contributed by atoms with Crippen LogP contribution in [0.15, 0.2) is 18.5 Å². The third-order valence-electron chi connectivity index (χ3n) is 3.62. The number of nitrogens with zero attached hydrogens (tertiary/aromatic N) is 2. The number of rotatable bonds is 5. The molecule has 1 saturated carbocycles. The minimum Gasteiger partial charge on any atom is -0.354 e. The molecule has 0 unspecified atom stereocenters. The van der Waals surface area contributed by atoms with Gasteiger partial charge in [0.2, 0.25) is 5.91 Å². The Morgan fingerprint density at radius 1 is 1.47 bits per heavy atom. The van der Waals surface area contributed by atoms with E-state index in [1.807, 2.05) is 16.9 Å². The van der Waals surface area contributed by atoms with Crippen LogP contribution in [0.25, 0.3) is 0 Å². The molecule has 1 aliphatic carbocycles. The first kappa shape index (κ1) is 12.1. The molecular weight excluding hydrogens is 216 g/mol. The molecule has 1 fully saturated rings. The van der Waals surface area contributed by atoms with E-state index in [-0.39, 0.29) is 11.3 Å². The van der Waals surface area contributed by atoms with Gasteiger partial charge in [-0.2, -0.15) is 5.10 Å². The van der Waals surface area contributed by atoms with Gasteiger partial charge in [-0.15, -0.1) is 0 Å². The second kappa shape index (κ2) is 5.31. The van der Waals surface area contributed by atoms with Gasteiger partial charge < -0.3 is 11.1 Å². The minimum absolute atomic E-state index is 0.115. The maximum atomic E-state index is 12.1. The molecule has 1 heterocycles. The van der Waals surface area contributed by atoms with Gasteiger partial charge in [0.15, 0.2) is 0 Å². The zero-order chi connectivity index (χ0) is 12.1. The highest BCUT2D eigenvalue weighted by Crippen LogP contribution is 2.37. The van der Waals surface area contributed by atoms with Crippen molar-refractivity contribution >= 4 is 5.91 Å². The molecule has 17 heavy (non-hydrogen) atoms. The van der Waals surface area contributed by atoms with E-state index in [2.05, 4.69) is 10.4 Å². The number of nitrogens with two attached hydrogens (primary N) is 1. The number of carbonyl (C=O) groups excluding carboxylic acids is 1. The average molecular weight is 236 g/mol. The number of amides is 1. The number of nitrogens with one attached hydrogen (secondary N) is 1. The van der Waals surface area contributed by atoms with Crippen LogP contribution in [-0.2, 0) is 11.3 Å². The summed E-state index contributed by atoms with van der Waals surface area (Å²) in [5.41, 5.74) is 5.46. The first-order valence-corrected chi connectivity index (χ1v) is 6.23. The standard InChI is InChI=1S/C12H20N4O/c13-10-12(4-1-2-5-12)11(17)14-7-9-16-8-3-6-15-16/h3,6,8H,1-2,4-5,7,9-10,13H2,(H,14,17). The fraction of sp³-hybridized carbons (Fsp3) is 0.667. The molecule has 5 heteroatoms. The molecule has 0 aliphatic heterocycles. The molecule has 94 valence electrons. The quantitative estimate of drug-likeness (QED) is 0.782. The number of hydrogen-bond donors (Lipinski definition) is 2. The Morgan fingerprint density at radius 2 is 2.24 bits per heavy atom. The smallest absolute Gasteiger partial charge is 0.227 e. The molecule has 1 aromatic heterocycles. The fourth-order valence-corrected chi connectivity index (χ4v) is 2.48. The molecule has 2 rings (SSSR count). The van der Waals surface area contributed by atoms with E-state index in [9.17, 15) is 4.79 Å². The van der Waals surface area contributed by atoms with Crippen molar-refractivity contribution in [2.75, 3.05) is 13.1 Å². The summed E-state index contributed by atoms with van der Waals surface area (Å²) in [4.78, 5) is 12.1. The summed E-state index contributed by atoms with van der Waals surface area (Å²) in [6.45, 7) is 1.78. The van der Waals surface area contributed by atoms with Crippen molar-refractivity contribution in [3.8, 4) is 0 Å². The highest BCUT2D eigenvalue weighted by Gasteiger charge is 2.39. The predicted molar refractivity (Wildman–Crippen MR) is 65.2 cm³/mol. The van der Waals surface area contributed by atoms with Crippen molar-refractivity contribution < 1.29 is 4.79 Å². The molecule has 0 atom stereocenters. The number of hydrogen-bond acceptors (Lipinski definition) is 3. The SMILES string of the molecule is NCC1(C(=O)NCCn2cccn2)CCCC1. The molecule has 0 bridgehead atoms. The summed E-state index contributed by atoms with van der Waals surface area (Å²) in [5.74, 6) is 0.115. The Hall–Kier alpha value is -1.36. The van der Waals surface area contributed by atoms with Gasteiger partial charge in [-0.05, 0) is 18.9 Å². The van der Waals surface area contributed by atoms with E-state index in [1.165, 1.54) is 0 Å². The van der Waals surface area contributed by atoms with E-state index in [4.69, 9.17) is 5.73 Å². The van der Waals surface area contributed by atoms with Crippen molar-refractivity contribution in [3.63, 3.8) is 0 Å². The summed E-state index contributed by atoms with van der Waals surface area (Å²) in [6.07, 6.45) is 7.71. The third kappa shape index (κ3) is 2.66. The monoisotopic (exact) mass is 236 g/mol. The van der Waals surface area contributed by atoms with Crippen LogP contribution in [0.5, 0.6) is 0 Å². The van der Waals surface area contributed by atoms with Crippen LogP contribution in [0, 0.1) is 5.41 Å². The van der Waals surface area contributed by atoms with E-state index < -0.39 is 0 Å². The molecule has 1 aliphatic rings. The molecule has 1 amide bonds. The van der Waals surface area contributed by atoms with Gasteiger partial charge in [0, 0.05) is 25.5 Å².